The van der Waals surface area contributed by atoms with Gasteiger partial charge in [-0.05, 0) is 44.5 Å². The van der Waals surface area contributed by atoms with E-state index in [4.69, 9.17) is 22.1 Å². The van der Waals surface area contributed by atoms with Crippen molar-refractivity contribution in [1.82, 2.24) is 0 Å². The zero-order valence-corrected chi connectivity index (χ0v) is 15.1. The van der Waals surface area contributed by atoms with Crippen LogP contribution >= 0.6 is 11.6 Å². The molecule has 0 aliphatic heterocycles. The smallest absolute Gasteiger partial charge is 0.338 e. The van der Waals surface area contributed by atoms with Gasteiger partial charge in [0.2, 0.25) is 5.91 Å². The molecule has 6 heteroatoms. The zero-order valence-electron chi connectivity index (χ0n) is 14.4. The van der Waals surface area contributed by atoms with Gasteiger partial charge in [0.1, 0.15) is 11.6 Å². The molecule has 2 aromatic carbocycles. The maximum atomic E-state index is 12.3. The Bertz CT molecular complexity index is 770. The largest absolute Gasteiger partial charge is 0.456 e. The SMILES string of the molecule is CC(C)(C)OC(=O)c1ccc(NC(=O)[C@@H](N)c2ccccc2)c(Cl)c1. The van der Waals surface area contributed by atoms with Gasteiger partial charge in [-0.15, -0.1) is 0 Å². The van der Waals surface area contributed by atoms with Crippen molar-refractivity contribution in [2.24, 2.45) is 5.73 Å². The number of nitrogens with one attached hydrogen (secondary N) is 1. The Labute approximate surface area is 152 Å². The van der Waals surface area contributed by atoms with Crippen molar-refractivity contribution in [3.8, 4) is 0 Å². The van der Waals surface area contributed by atoms with Crippen LogP contribution < -0.4 is 11.1 Å². The topological polar surface area (TPSA) is 81.4 Å². The average Bonchev–Trinajstić information content (AvgIpc) is 2.55. The maximum Gasteiger partial charge on any atom is 0.338 e. The first-order chi connectivity index (χ1) is 11.7. The second-order valence-electron chi connectivity index (χ2n) is 6.57. The second kappa shape index (κ2) is 7.68. The van der Waals surface area contributed by atoms with Crippen molar-refractivity contribution in [1.29, 1.82) is 0 Å². The lowest BCUT2D eigenvalue weighted by molar-refractivity contribution is -0.117. The van der Waals surface area contributed by atoms with Crippen LogP contribution in [0.3, 0.4) is 0 Å². The Balaban J connectivity index is 2.11. The number of hydrogen-bond donors (Lipinski definition) is 2. The zero-order chi connectivity index (χ0) is 18.6. The maximum absolute atomic E-state index is 12.3. The number of amides is 1. The van der Waals surface area contributed by atoms with Crippen LogP contribution in [0.4, 0.5) is 5.69 Å². The number of nitrogens with two attached hydrogens (primary N) is 1. The number of halogens is 1. The van der Waals surface area contributed by atoms with E-state index in [1.54, 1.807) is 45.0 Å². The lowest BCUT2D eigenvalue weighted by Gasteiger charge is -2.20. The molecule has 25 heavy (non-hydrogen) atoms. The third-order valence-corrected chi connectivity index (χ3v) is 3.62. The van der Waals surface area contributed by atoms with Gasteiger partial charge in [0.05, 0.1) is 16.3 Å². The molecule has 3 N–H and O–H groups in total. The average molecular weight is 361 g/mol. The number of carbonyl (C=O) groups excluding carboxylic acids is 2. The first-order valence-electron chi connectivity index (χ1n) is 7.81. The minimum atomic E-state index is -0.817. The molecule has 132 valence electrons. The minimum absolute atomic E-state index is 0.233. The summed E-state index contributed by atoms with van der Waals surface area (Å²) < 4.78 is 5.29. The van der Waals surface area contributed by atoms with Gasteiger partial charge < -0.3 is 15.8 Å². The molecule has 0 radical (unpaired) electrons. The van der Waals surface area contributed by atoms with Gasteiger partial charge in [-0.25, -0.2) is 4.79 Å². The molecule has 0 bridgehead atoms. The standard InChI is InChI=1S/C19H21ClN2O3/c1-19(2,3)25-18(24)13-9-10-15(14(20)11-13)22-17(23)16(21)12-7-5-4-6-8-12/h4-11,16H,21H2,1-3H3,(H,22,23)/t16-/m0/s1. The monoisotopic (exact) mass is 360 g/mol. The van der Waals surface area contributed by atoms with Gasteiger partial charge in [0.25, 0.3) is 0 Å². The van der Waals surface area contributed by atoms with Crippen molar-refractivity contribution in [3.63, 3.8) is 0 Å². The van der Waals surface area contributed by atoms with E-state index in [-0.39, 0.29) is 5.02 Å². The molecule has 2 aromatic rings. The number of carbonyl (C=O) groups is 2. The predicted molar refractivity (Wildman–Crippen MR) is 98.6 cm³/mol. The van der Waals surface area contributed by atoms with Gasteiger partial charge in [0, 0.05) is 0 Å². The molecule has 0 unspecified atom stereocenters. The van der Waals surface area contributed by atoms with Crippen LogP contribution in [0.1, 0.15) is 42.7 Å². The van der Waals surface area contributed by atoms with Crippen LogP contribution in [0.5, 0.6) is 0 Å². The molecular weight excluding hydrogens is 340 g/mol. The van der Waals surface area contributed by atoms with Crippen molar-refractivity contribution >= 4 is 29.2 Å². The molecule has 0 heterocycles. The van der Waals surface area contributed by atoms with E-state index in [0.29, 0.717) is 16.8 Å². The van der Waals surface area contributed by atoms with Crippen molar-refractivity contribution in [3.05, 3.63) is 64.7 Å². The van der Waals surface area contributed by atoms with Crippen LogP contribution in [0, 0.1) is 0 Å². The highest BCUT2D eigenvalue weighted by atomic mass is 35.5. The fraction of sp³-hybridized carbons (Fsp3) is 0.263. The van der Waals surface area contributed by atoms with E-state index in [0.717, 1.165) is 0 Å². The Hall–Kier alpha value is -2.37. The molecule has 0 fully saturated rings. The number of anilines is 1. The summed E-state index contributed by atoms with van der Waals surface area (Å²) >= 11 is 6.18. The second-order valence-corrected chi connectivity index (χ2v) is 6.98. The van der Waals surface area contributed by atoms with Crippen LogP contribution in [0.15, 0.2) is 48.5 Å². The number of hydrogen-bond acceptors (Lipinski definition) is 4. The Kier molecular flexibility index (Phi) is 5.82. The van der Waals surface area contributed by atoms with E-state index in [1.165, 1.54) is 6.07 Å². The van der Waals surface area contributed by atoms with E-state index < -0.39 is 23.5 Å². The van der Waals surface area contributed by atoms with Gasteiger partial charge in [-0.3, -0.25) is 4.79 Å². The summed E-state index contributed by atoms with van der Waals surface area (Å²) in [6.07, 6.45) is 0. The summed E-state index contributed by atoms with van der Waals surface area (Å²) in [7, 11) is 0. The van der Waals surface area contributed by atoms with E-state index in [9.17, 15) is 9.59 Å². The highest BCUT2D eigenvalue weighted by molar-refractivity contribution is 6.34. The fourth-order valence-electron chi connectivity index (χ4n) is 2.10. The summed E-state index contributed by atoms with van der Waals surface area (Å²) in [4.78, 5) is 24.3. The molecular formula is C19H21ClN2O3. The molecule has 5 nitrogen and oxygen atoms in total. The van der Waals surface area contributed by atoms with Crippen molar-refractivity contribution in [2.45, 2.75) is 32.4 Å². The molecule has 2 rings (SSSR count). The third kappa shape index (κ3) is 5.31. The quantitative estimate of drug-likeness (QED) is 0.809. The lowest BCUT2D eigenvalue weighted by atomic mass is 10.1. The fourth-order valence-corrected chi connectivity index (χ4v) is 2.33. The van der Waals surface area contributed by atoms with Gasteiger partial charge in [-0.2, -0.15) is 0 Å². The van der Waals surface area contributed by atoms with E-state index >= 15 is 0 Å². The summed E-state index contributed by atoms with van der Waals surface area (Å²) in [5, 5.41) is 2.91. The Morgan fingerprint density at radius 1 is 1.12 bits per heavy atom. The third-order valence-electron chi connectivity index (χ3n) is 3.30. The molecule has 1 atom stereocenters. The number of ether oxygens (including phenoxy) is 1. The van der Waals surface area contributed by atoms with Crippen molar-refractivity contribution < 1.29 is 14.3 Å². The highest BCUT2D eigenvalue weighted by Crippen LogP contribution is 2.25. The van der Waals surface area contributed by atoms with Gasteiger partial charge in [-0.1, -0.05) is 41.9 Å². The highest BCUT2D eigenvalue weighted by Gasteiger charge is 2.20. The summed E-state index contributed by atoms with van der Waals surface area (Å²) in [5.74, 6) is -0.869. The van der Waals surface area contributed by atoms with Crippen LogP contribution in [0.25, 0.3) is 0 Å². The molecule has 0 saturated heterocycles. The lowest BCUT2D eigenvalue weighted by Crippen LogP contribution is -2.28. The number of benzene rings is 2. The summed E-state index contributed by atoms with van der Waals surface area (Å²) in [6, 6.07) is 12.8. The van der Waals surface area contributed by atoms with Crippen LogP contribution in [-0.2, 0) is 9.53 Å². The van der Waals surface area contributed by atoms with Crippen LogP contribution in [0.2, 0.25) is 5.02 Å². The minimum Gasteiger partial charge on any atom is -0.456 e. The van der Waals surface area contributed by atoms with E-state index in [2.05, 4.69) is 5.32 Å². The Morgan fingerprint density at radius 3 is 2.32 bits per heavy atom. The predicted octanol–water partition coefficient (Wildman–Crippen LogP) is 3.93. The van der Waals surface area contributed by atoms with Crippen molar-refractivity contribution in [2.75, 3.05) is 5.32 Å². The normalized spacial score (nSPS) is 12.4. The number of rotatable bonds is 4. The summed E-state index contributed by atoms with van der Waals surface area (Å²) in [5.41, 5.74) is 6.74. The van der Waals surface area contributed by atoms with E-state index in [1.807, 2.05) is 18.2 Å². The Morgan fingerprint density at radius 2 is 1.76 bits per heavy atom. The molecule has 0 spiro atoms. The van der Waals surface area contributed by atoms with Gasteiger partial charge in [0.15, 0.2) is 0 Å². The van der Waals surface area contributed by atoms with Gasteiger partial charge >= 0.3 is 5.97 Å². The molecule has 0 aromatic heterocycles. The molecule has 0 aliphatic carbocycles. The first kappa shape index (κ1) is 19.0. The molecule has 0 saturated carbocycles. The molecule has 1 amide bonds. The van der Waals surface area contributed by atoms with Crippen LogP contribution in [-0.4, -0.2) is 17.5 Å². The first-order valence-corrected chi connectivity index (χ1v) is 8.19. The summed E-state index contributed by atoms with van der Waals surface area (Å²) in [6.45, 7) is 5.35. The molecule has 0 aliphatic rings. The number of esters is 1.